The second-order valence-electron chi connectivity index (χ2n) is 3.65. The number of fused-ring (bicyclic) bond motifs is 1. The highest BCUT2D eigenvalue weighted by molar-refractivity contribution is 5.91. The summed E-state index contributed by atoms with van der Waals surface area (Å²) in [6, 6.07) is 1.58. The highest BCUT2D eigenvalue weighted by atomic mass is 35.5. The predicted octanol–water partition coefficient (Wildman–Crippen LogP) is 1.74. The van der Waals surface area contributed by atoms with Gasteiger partial charge in [-0.15, -0.1) is 12.4 Å². The molecule has 0 fully saturated rings. The molecule has 2 rings (SSSR count). The molecule has 92 valence electrons. The second kappa shape index (κ2) is 4.63. The van der Waals surface area contributed by atoms with E-state index in [9.17, 15) is 4.79 Å². The zero-order chi connectivity index (χ0) is 11.9. The molecule has 6 heteroatoms. The van der Waals surface area contributed by atoms with Crippen LogP contribution in [0.2, 0.25) is 0 Å². The number of carbonyl (C=O) groups excluding carboxylic acids is 1. The topological polar surface area (TPSA) is 69.6 Å². The summed E-state index contributed by atoms with van der Waals surface area (Å²) in [6.45, 7) is 3.83. The number of esters is 1. The number of halogens is 1. The van der Waals surface area contributed by atoms with Crippen molar-refractivity contribution in [1.29, 1.82) is 0 Å². The van der Waals surface area contributed by atoms with E-state index in [1.54, 1.807) is 16.7 Å². The van der Waals surface area contributed by atoms with Gasteiger partial charge in [-0.2, -0.15) is 0 Å². The lowest BCUT2D eigenvalue weighted by molar-refractivity contribution is 0.0600. The van der Waals surface area contributed by atoms with E-state index < -0.39 is 5.97 Å². The Bertz CT molecular complexity index is 578. The van der Waals surface area contributed by atoms with Crippen molar-refractivity contribution in [2.75, 3.05) is 12.8 Å². The van der Waals surface area contributed by atoms with E-state index in [1.165, 1.54) is 7.11 Å². The number of rotatable bonds is 1. The molecule has 0 saturated carbocycles. The van der Waals surface area contributed by atoms with E-state index in [2.05, 4.69) is 9.72 Å². The van der Waals surface area contributed by atoms with E-state index in [4.69, 9.17) is 5.73 Å². The molecule has 0 aliphatic carbocycles. The van der Waals surface area contributed by atoms with Crippen LogP contribution in [0.5, 0.6) is 0 Å². The minimum Gasteiger partial charge on any atom is -0.465 e. The Hall–Kier alpha value is -1.75. The summed E-state index contributed by atoms with van der Waals surface area (Å²) in [5.74, 6) is -0.403. The SMILES string of the molecule is COC(=O)c1cc(N)c2nc(C)c(C)n2c1.Cl. The molecule has 2 heterocycles. The van der Waals surface area contributed by atoms with Crippen LogP contribution < -0.4 is 5.73 Å². The van der Waals surface area contributed by atoms with Gasteiger partial charge >= 0.3 is 5.97 Å². The first kappa shape index (κ1) is 13.3. The van der Waals surface area contributed by atoms with Crippen molar-refractivity contribution in [2.45, 2.75) is 13.8 Å². The summed E-state index contributed by atoms with van der Waals surface area (Å²) in [5, 5.41) is 0. The van der Waals surface area contributed by atoms with Crippen LogP contribution in [-0.2, 0) is 4.74 Å². The fraction of sp³-hybridized carbons (Fsp3) is 0.273. The zero-order valence-electron chi connectivity index (χ0n) is 9.85. The highest BCUT2D eigenvalue weighted by Gasteiger charge is 2.12. The number of anilines is 1. The van der Waals surface area contributed by atoms with E-state index >= 15 is 0 Å². The number of hydrogen-bond acceptors (Lipinski definition) is 4. The first-order valence-electron chi connectivity index (χ1n) is 4.87. The van der Waals surface area contributed by atoms with Crippen LogP contribution in [0, 0.1) is 13.8 Å². The van der Waals surface area contributed by atoms with Crippen molar-refractivity contribution in [3.8, 4) is 0 Å². The Morgan fingerprint density at radius 3 is 2.71 bits per heavy atom. The van der Waals surface area contributed by atoms with Gasteiger partial charge < -0.3 is 14.9 Å². The summed E-state index contributed by atoms with van der Waals surface area (Å²) < 4.78 is 6.46. The van der Waals surface area contributed by atoms with Crippen LogP contribution in [0.3, 0.4) is 0 Å². The Morgan fingerprint density at radius 1 is 1.47 bits per heavy atom. The molecule has 0 radical (unpaired) electrons. The predicted molar refractivity (Wildman–Crippen MR) is 67.7 cm³/mol. The zero-order valence-corrected chi connectivity index (χ0v) is 10.7. The molecule has 2 N–H and O–H groups in total. The Morgan fingerprint density at radius 2 is 2.12 bits per heavy atom. The molecule has 0 aliphatic rings. The number of pyridine rings is 1. The first-order valence-corrected chi connectivity index (χ1v) is 4.87. The van der Waals surface area contributed by atoms with Gasteiger partial charge in [-0.3, -0.25) is 0 Å². The fourth-order valence-electron chi connectivity index (χ4n) is 1.63. The molecule has 0 amide bonds. The molecule has 0 saturated heterocycles. The maximum atomic E-state index is 11.4. The van der Waals surface area contributed by atoms with Crippen molar-refractivity contribution in [2.24, 2.45) is 0 Å². The van der Waals surface area contributed by atoms with Crippen LogP contribution >= 0.6 is 12.4 Å². The normalized spacial score (nSPS) is 10.1. The minimum absolute atomic E-state index is 0. The van der Waals surface area contributed by atoms with Crippen molar-refractivity contribution in [3.63, 3.8) is 0 Å². The number of methoxy groups -OCH3 is 1. The van der Waals surface area contributed by atoms with E-state index in [0.29, 0.717) is 16.9 Å². The summed E-state index contributed by atoms with van der Waals surface area (Å²) in [4.78, 5) is 15.7. The number of carbonyl (C=O) groups is 1. The largest absolute Gasteiger partial charge is 0.465 e. The third kappa shape index (κ3) is 2.06. The molecular formula is C11H14ClN3O2. The molecule has 0 unspecified atom stereocenters. The smallest absolute Gasteiger partial charge is 0.339 e. The van der Waals surface area contributed by atoms with Gasteiger partial charge in [0.15, 0.2) is 5.65 Å². The van der Waals surface area contributed by atoms with E-state index in [-0.39, 0.29) is 12.4 Å². The molecule has 0 spiro atoms. The van der Waals surface area contributed by atoms with Crippen LogP contribution in [-0.4, -0.2) is 22.5 Å². The third-order valence-corrected chi connectivity index (χ3v) is 2.65. The lowest BCUT2D eigenvalue weighted by atomic mass is 10.2. The third-order valence-electron chi connectivity index (χ3n) is 2.65. The molecule has 2 aromatic heterocycles. The van der Waals surface area contributed by atoms with E-state index in [0.717, 1.165) is 11.4 Å². The summed E-state index contributed by atoms with van der Waals surface area (Å²) in [7, 11) is 1.34. The number of hydrogen-bond donors (Lipinski definition) is 1. The van der Waals surface area contributed by atoms with Gasteiger partial charge in [0, 0.05) is 11.9 Å². The van der Waals surface area contributed by atoms with Gasteiger partial charge in [0.2, 0.25) is 0 Å². The first-order chi connectivity index (χ1) is 7.54. The molecule has 2 aromatic rings. The number of aromatic nitrogens is 2. The molecule has 0 atom stereocenters. The average Bonchev–Trinajstić information content (AvgIpc) is 2.56. The van der Waals surface area contributed by atoms with Crippen LogP contribution in [0.4, 0.5) is 5.69 Å². The molecule has 0 bridgehead atoms. The van der Waals surface area contributed by atoms with Crippen molar-refractivity contribution >= 4 is 29.7 Å². The van der Waals surface area contributed by atoms with Crippen molar-refractivity contribution in [3.05, 3.63) is 29.2 Å². The van der Waals surface area contributed by atoms with Crippen LogP contribution in [0.15, 0.2) is 12.3 Å². The van der Waals surface area contributed by atoms with Crippen molar-refractivity contribution in [1.82, 2.24) is 9.38 Å². The van der Waals surface area contributed by atoms with Crippen LogP contribution in [0.1, 0.15) is 21.7 Å². The number of imidazole rings is 1. The van der Waals surface area contributed by atoms with Gasteiger partial charge in [0.1, 0.15) is 0 Å². The lowest BCUT2D eigenvalue weighted by Crippen LogP contribution is -2.05. The number of aryl methyl sites for hydroxylation is 2. The van der Waals surface area contributed by atoms with E-state index in [1.807, 2.05) is 13.8 Å². The quantitative estimate of drug-likeness (QED) is 0.788. The monoisotopic (exact) mass is 255 g/mol. The Labute approximate surface area is 105 Å². The number of nitrogens with two attached hydrogens (primary N) is 1. The summed E-state index contributed by atoms with van der Waals surface area (Å²) in [6.07, 6.45) is 1.69. The maximum absolute atomic E-state index is 11.4. The van der Waals surface area contributed by atoms with Gasteiger partial charge in [-0.25, -0.2) is 9.78 Å². The average molecular weight is 256 g/mol. The molecule has 17 heavy (non-hydrogen) atoms. The molecular weight excluding hydrogens is 242 g/mol. The number of ether oxygens (including phenoxy) is 1. The molecule has 0 aliphatic heterocycles. The van der Waals surface area contributed by atoms with Crippen molar-refractivity contribution < 1.29 is 9.53 Å². The second-order valence-corrected chi connectivity index (χ2v) is 3.65. The Kier molecular flexibility index (Phi) is 3.63. The molecule has 0 aromatic carbocycles. The van der Waals surface area contributed by atoms with Gasteiger partial charge in [-0.1, -0.05) is 0 Å². The fourth-order valence-corrected chi connectivity index (χ4v) is 1.63. The minimum atomic E-state index is -0.403. The van der Waals surface area contributed by atoms with Crippen LogP contribution in [0.25, 0.3) is 5.65 Å². The van der Waals surface area contributed by atoms with Gasteiger partial charge in [0.25, 0.3) is 0 Å². The summed E-state index contributed by atoms with van der Waals surface area (Å²) >= 11 is 0. The maximum Gasteiger partial charge on any atom is 0.339 e. The van der Waals surface area contributed by atoms with Gasteiger partial charge in [-0.05, 0) is 19.9 Å². The summed E-state index contributed by atoms with van der Waals surface area (Å²) in [5.41, 5.74) is 9.27. The molecule has 5 nitrogen and oxygen atoms in total. The number of nitrogens with zero attached hydrogens (tertiary/aromatic N) is 2. The Balaban J connectivity index is 0.00000144. The van der Waals surface area contributed by atoms with Gasteiger partial charge in [0.05, 0.1) is 24.1 Å². The standard InChI is InChI=1S/C11H13N3O2.ClH/c1-6-7(2)14-5-8(11(15)16-3)4-9(12)10(14)13-6;/h4-5H,12H2,1-3H3;1H. The lowest BCUT2D eigenvalue weighted by Gasteiger charge is -2.04. The number of nitrogen functional groups attached to an aromatic ring is 1. The highest BCUT2D eigenvalue weighted by Crippen LogP contribution is 2.19.